The number of morpholine rings is 1. The van der Waals surface area contributed by atoms with Gasteiger partial charge in [0.2, 0.25) is 17.7 Å². The minimum Gasteiger partial charge on any atom is -0.489 e. The van der Waals surface area contributed by atoms with E-state index in [1.54, 1.807) is 42.5 Å². The number of hydrogen-bond acceptors (Lipinski definition) is 6. The van der Waals surface area contributed by atoms with Crippen molar-refractivity contribution in [3.05, 3.63) is 64.7 Å². The molecule has 2 fully saturated rings. The molecule has 0 spiro atoms. The van der Waals surface area contributed by atoms with Gasteiger partial charge in [-0.3, -0.25) is 24.5 Å². The third-order valence-corrected chi connectivity index (χ3v) is 6.05. The molecule has 1 atom stereocenters. The maximum Gasteiger partial charge on any atom is 0.255 e. The van der Waals surface area contributed by atoms with Gasteiger partial charge in [-0.2, -0.15) is 0 Å². The van der Waals surface area contributed by atoms with Crippen LogP contribution in [0.3, 0.4) is 0 Å². The number of benzene rings is 2. The van der Waals surface area contributed by atoms with Gasteiger partial charge in [-0.05, 0) is 29.7 Å². The number of nitrogens with one attached hydrogen (secondary N) is 1. The number of ether oxygens (including phenoxy) is 2. The highest BCUT2D eigenvalue weighted by atomic mass is 16.5. The van der Waals surface area contributed by atoms with E-state index in [2.05, 4.69) is 5.32 Å². The van der Waals surface area contributed by atoms with E-state index >= 15 is 0 Å². The van der Waals surface area contributed by atoms with Crippen LogP contribution in [-0.4, -0.2) is 59.1 Å². The van der Waals surface area contributed by atoms with Crippen molar-refractivity contribution in [2.45, 2.75) is 38.6 Å². The molecule has 0 aromatic heterocycles. The zero-order chi connectivity index (χ0) is 27.2. The number of hydrogen-bond donors (Lipinski definition) is 1. The fourth-order valence-corrected chi connectivity index (χ4v) is 4.23. The van der Waals surface area contributed by atoms with Crippen molar-refractivity contribution in [3.8, 4) is 5.75 Å². The highest BCUT2D eigenvalue weighted by molar-refractivity contribution is 6.05. The number of carbonyl (C=O) groups excluding carboxylic acids is 4. The molecule has 4 amide bonds. The molecule has 2 saturated heterocycles. The maximum absolute atomic E-state index is 13.0. The minimum absolute atomic E-state index is 0.125. The summed E-state index contributed by atoms with van der Waals surface area (Å²) in [6.07, 6.45) is 0.447. The number of imide groups is 1. The molecule has 2 aromatic carbocycles. The summed E-state index contributed by atoms with van der Waals surface area (Å²) in [5.74, 6) is -1.25. The monoisotopic (exact) mass is 467 g/mol. The molecular weight excluding hydrogens is 438 g/mol. The zero-order valence-corrected chi connectivity index (χ0v) is 18.2. The Morgan fingerprint density at radius 3 is 2.68 bits per heavy atom. The summed E-state index contributed by atoms with van der Waals surface area (Å²) >= 11 is 0. The van der Waals surface area contributed by atoms with E-state index in [1.165, 1.54) is 4.90 Å². The summed E-state index contributed by atoms with van der Waals surface area (Å²) in [5, 5.41) is 2.29. The molecule has 0 bridgehead atoms. The Morgan fingerprint density at radius 1 is 1.09 bits per heavy atom. The van der Waals surface area contributed by atoms with E-state index in [4.69, 9.17) is 15.0 Å². The summed E-state index contributed by atoms with van der Waals surface area (Å²) in [7, 11) is 0. The van der Waals surface area contributed by atoms with E-state index in [0.717, 1.165) is 10.5 Å². The lowest BCUT2D eigenvalue weighted by molar-refractivity contribution is -0.143. The number of amides is 4. The lowest BCUT2D eigenvalue weighted by atomic mass is 10.0. The molecule has 3 aliphatic rings. The first-order valence-electron chi connectivity index (χ1n) is 12.9. The maximum atomic E-state index is 13.0. The molecule has 1 N–H and O–H groups in total. The van der Waals surface area contributed by atoms with E-state index in [0.29, 0.717) is 22.4 Å². The van der Waals surface area contributed by atoms with Gasteiger partial charge in [-0.15, -0.1) is 0 Å². The second-order valence-electron chi connectivity index (χ2n) is 8.27. The van der Waals surface area contributed by atoms with Crippen LogP contribution in [0.1, 0.15) is 45.4 Å². The highest BCUT2D eigenvalue weighted by Gasteiger charge is 2.40. The van der Waals surface area contributed by atoms with Crippen molar-refractivity contribution in [1.82, 2.24) is 15.1 Å². The number of carbonyl (C=O) groups is 4. The predicted octanol–water partition coefficient (Wildman–Crippen LogP) is 1.39. The fraction of sp³-hybridized carbons (Fsp3) is 0.360. The van der Waals surface area contributed by atoms with Gasteiger partial charge in [0.25, 0.3) is 5.91 Å². The van der Waals surface area contributed by atoms with Crippen LogP contribution in [0.4, 0.5) is 0 Å². The third kappa shape index (κ3) is 4.38. The zero-order valence-electron chi connectivity index (χ0n) is 22.2. The standard InChI is InChI=1S/C25H25N3O6/c29-22-9-8-20(24(31)26-22)28-13-19-18(25(28)32)2-1-3-21(19)34-14-17-6-4-16(5-7-17)12-27-10-11-33-15-23(27)30/h1-7,20H,8-15H2,(H,26,29,31)/i10D2,11D2. The number of fused-ring (bicyclic) bond motifs is 1. The Morgan fingerprint density at radius 2 is 1.88 bits per heavy atom. The van der Waals surface area contributed by atoms with Crippen LogP contribution in [0.15, 0.2) is 42.5 Å². The average molecular weight is 468 g/mol. The van der Waals surface area contributed by atoms with Crippen LogP contribution in [0, 0.1) is 0 Å². The molecule has 3 aliphatic heterocycles. The molecule has 2 aromatic rings. The van der Waals surface area contributed by atoms with Gasteiger partial charge in [-0.1, -0.05) is 30.3 Å². The Labute approximate surface area is 202 Å². The van der Waals surface area contributed by atoms with Crippen molar-refractivity contribution in [1.29, 1.82) is 0 Å². The Kier molecular flexibility index (Phi) is 4.83. The highest BCUT2D eigenvalue weighted by Crippen LogP contribution is 2.34. The van der Waals surface area contributed by atoms with Crippen LogP contribution in [0.25, 0.3) is 0 Å². The SMILES string of the molecule is [2H]C1([2H])OCC(=O)N(Cc2ccc(COc3cccc4c3CN(C3CCC(=O)NC3=O)C4=O)cc2)C1([2H])[2H]. The largest absolute Gasteiger partial charge is 0.489 e. The molecule has 0 radical (unpaired) electrons. The normalized spacial score (nSPS) is 25.1. The Hall–Kier alpha value is -3.72. The van der Waals surface area contributed by atoms with Crippen molar-refractivity contribution < 1.29 is 34.1 Å². The lowest BCUT2D eigenvalue weighted by Crippen LogP contribution is -2.52. The van der Waals surface area contributed by atoms with Gasteiger partial charge in [-0.25, -0.2) is 0 Å². The molecule has 0 saturated carbocycles. The van der Waals surface area contributed by atoms with Crippen molar-refractivity contribution >= 4 is 23.6 Å². The van der Waals surface area contributed by atoms with Crippen molar-refractivity contribution in [3.63, 3.8) is 0 Å². The Bertz CT molecular complexity index is 1320. The predicted molar refractivity (Wildman–Crippen MR) is 119 cm³/mol. The fourth-order valence-electron chi connectivity index (χ4n) is 4.23. The lowest BCUT2D eigenvalue weighted by Gasteiger charge is -2.29. The summed E-state index contributed by atoms with van der Waals surface area (Å²) in [5.41, 5.74) is 2.51. The summed E-state index contributed by atoms with van der Waals surface area (Å²) < 4.78 is 42.3. The van der Waals surface area contributed by atoms with E-state index in [1.807, 2.05) is 0 Å². The molecule has 0 aliphatic carbocycles. The van der Waals surface area contributed by atoms with E-state index < -0.39 is 37.5 Å². The van der Waals surface area contributed by atoms with Gasteiger partial charge in [0.1, 0.15) is 25.0 Å². The number of piperidine rings is 1. The smallest absolute Gasteiger partial charge is 0.255 e. The molecule has 176 valence electrons. The van der Waals surface area contributed by atoms with Gasteiger partial charge in [0.15, 0.2) is 0 Å². The first-order valence-corrected chi connectivity index (χ1v) is 10.9. The molecule has 9 heteroatoms. The molecule has 34 heavy (non-hydrogen) atoms. The first kappa shape index (κ1) is 17.7. The molecule has 9 nitrogen and oxygen atoms in total. The molecule has 1 unspecified atom stereocenters. The van der Waals surface area contributed by atoms with Gasteiger partial charge in [0, 0.05) is 30.6 Å². The van der Waals surface area contributed by atoms with Gasteiger partial charge in [0.05, 0.1) is 18.6 Å². The summed E-state index contributed by atoms with van der Waals surface area (Å²) in [4.78, 5) is 51.3. The molecule has 5 rings (SSSR count). The van der Waals surface area contributed by atoms with Gasteiger partial charge < -0.3 is 19.3 Å². The van der Waals surface area contributed by atoms with Crippen LogP contribution in [-0.2, 0) is 38.8 Å². The van der Waals surface area contributed by atoms with Crippen LogP contribution < -0.4 is 10.1 Å². The quantitative estimate of drug-likeness (QED) is 0.644. The van der Waals surface area contributed by atoms with Gasteiger partial charge >= 0.3 is 0 Å². The number of nitrogens with zero attached hydrogens (tertiary/aromatic N) is 2. The van der Waals surface area contributed by atoms with E-state index in [9.17, 15) is 19.2 Å². The van der Waals surface area contributed by atoms with Crippen LogP contribution in [0.2, 0.25) is 0 Å². The third-order valence-electron chi connectivity index (χ3n) is 6.05. The van der Waals surface area contributed by atoms with Crippen LogP contribution in [0.5, 0.6) is 5.75 Å². The second-order valence-corrected chi connectivity index (χ2v) is 8.27. The second kappa shape index (κ2) is 9.26. The topological polar surface area (TPSA) is 105 Å². The van der Waals surface area contributed by atoms with Crippen LogP contribution >= 0.6 is 0 Å². The molecular formula is C25H25N3O6. The van der Waals surface area contributed by atoms with Crippen molar-refractivity contribution in [2.24, 2.45) is 0 Å². The Balaban J connectivity index is 1.25. The van der Waals surface area contributed by atoms with E-state index in [-0.39, 0.29) is 44.4 Å². The summed E-state index contributed by atoms with van der Waals surface area (Å²) in [6.45, 7) is -5.55. The first-order chi connectivity index (χ1) is 18.0. The molecule has 3 heterocycles. The number of rotatable bonds is 6. The minimum atomic E-state index is -2.63. The van der Waals surface area contributed by atoms with Crippen molar-refractivity contribution in [2.75, 3.05) is 19.7 Å². The summed E-state index contributed by atoms with van der Waals surface area (Å²) in [6, 6.07) is 11.3. The average Bonchev–Trinajstić information content (AvgIpc) is 3.21.